The summed E-state index contributed by atoms with van der Waals surface area (Å²) in [4.78, 5) is 0. The van der Waals surface area contributed by atoms with Crippen LogP contribution in [0.4, 0.5) is 0 Å². The summed E-state index contributed by atoms with van der Waals surface area (Å²) in [5.41, 5.74) is 3.22. The number of hydrogen-bond acceptors (Lipinski definition) is 3. The third kappa shape index (κ3) is 2.41. The molecule has 1 atom stereocenters. The molecule has 1 aliphatic carbocycles. The van der Waals surface area contributed by atoms with Crippen LogP contribution in [0.15, 0.2) is 35.9 Å². The third-order valence-electron chi connectivity index (χ3n) is 3.18. The second-order valence-electron chi connectivity index (χ2n) is 4.42. The van der Waals surface area contributed by atoms with Crippen LogP contribution < -0.4 is 0 Å². The summed E-state index contributed by atoms with van der Waals surface area (Å²) in [5, 5.41) is 9.26. The maximum atomic E-state index is 9.26. The summed E-state index contributed by atoms with van der Waals surface area (Å²) in [6.07, 6.45) is 2.06. The van der Waals surface area contributed by atoms with Gasteiger partial charge in [-0.3, -0.25) is 0 Å². The zero-order valence-electron chi connectivity index (χ0n) is 10.3. The first kappa shape index (κ1) is 12.3. The van der Waals surface area contributed by atoms with E-state index in [1.165, 1.54) is 11.1 Å². The smallest absolute Gasteiger partial charge is 0.146 e. The van der Waals surface area contributed by atoms with Crippen molar-refractivity contribution in [1.82, 2.24) is 0 Å². The first-order valence-corrected chi connectivity index (χ1v) is 5.70. The highest BCUT2D eigenvalue weighted by Crippen LogP contribution is 2.46. The molecule has 0 amide bonds. The Labute approximate surface area is 102 Å². The van der Waals surface area contributed by atoms with Crippen LogP contribution in [0.5, 0.6) is 0 Å². The molecule has 2 rings (SSSR count). The van der Waals surface area contributed by atoms with Crippen molar-refractivity contribution in [1.29, 1.82) is 0 Å². The number of aryl methyl sites for hydroxylation is 1. The summed E-state index contributed by atoms with van der Waals surface area (Å²) in [6.45, 7) is 2.95. The Kier molecular flexibility index (Phi) is 3.62. The molecule has 0 aliphatic heterocycles. The van der Waals surface area contributed by atoms with E-state index in [0.29, 0.717) is 6.61 Å². The molecule has 1 unspecified atom stereocenters. The van der Waals surface area contributed by atoms with Gasteiger partial charge >= 0.3 is 0 Å². The number of aliphatic hydroxyl groups is 1. The summed E-state index contributed by atoms with van der Waals surface area (Å²) in [6, 6.07) is 8.33. The van der Waals surface area contributed by atoms with Crippen molar-refractivity contribution in [3.63, 3.8) is 0 Å². The molecule has 1 aromatic carbocycles. The number of aliphatic hydroxyl groups excluding tert-OH is 1. The molecule has 0 saturated heterocycles. The molecular weight excluding hydrogens is 216 g/mol. The van der Waals surface area contributed by atoms with Gasteiger partial charge in [-0.15, -0.1) is 0 Å². The fourth-order valence-corrected chi connectivity index (χ4v) is 2.07. The molecule has 1 N–H and O–H groups in total. The highest BCUT2D eigenvalue weighted by molar-refractivity contribution is 5.55. The normalized spacial score (nSPS) is 22.4. The Balaban J connectivity index is 2.10. The molecule has 3 heteroatoms. The predicted octanol–water partition coefficient (Wildman–Crippen LogP) is 1.79. The molecule has 3 nitrogen and oxygen atoms in total. The van der Waals surface area contributed by atoms with E-state index in [4.69, 9.17) is 9.47 Å². The van der Waals surface area contributed by atoms with Crippen LogP contribution in [-0.4, -0.2) is 32.2 Å². The molecule has 0 bridgehead atoms. The minimum atomic E-state index is -0.207. The number of ether oxygens (including phenoxy) is 2. The Hall–Kier alpha value is -1.16. The Morgan fingerprint density at radius 2 is 1.94 bits per heavy atom. The van der Waals surface area contributed by atoms with Crippen molar-refractivity contribution in [2.24, 2.45) is 0 Å². The van der Waals surface area contributed by atoms with E-state index in [-0.39, 0.29) is 18.8 Å². The van der Waals surface area contributed by atoms with Gasteiger partial charge in [-0.2, -0.15) is 0 Å². The van der Waals surface area contributed by atoms with Crippen molar-refractivity contribution in [3.8, 4) is 0 Å². The van der Waals surface area contributed by atoms with Gasteiger partial charge in [0, 0.05) is 7.11 Å². The molecule has 0 spiro atoms. The van der Waals surface area contributed by atoms with E-state index in [9.17, 15) is 5.11 Å². The minimum Gasteiger partial charge on any atom is -0.392 e. The first-order valence-electron chi connectivity index (χ1n) is 5.70. The molecule has 0 heterocycles. The van der Waals surface area contributed by atoms with E-state index in [1.807, 2.05) is 0 Å². The molecule has 0 aromatic heterocycles. The monoisotopic (exact) mass is 234 g/mol. The topological polar surface area (TPSA) is 38.7 Å². The van der Waals surface area contributed by atoms with Crippen LogP contribution in [0.25, 0.3) is 0 Å². The molecule has 17 heavy (non-hydrogen) atoms. The van der Waals surface area contributed by atoms with Crippen molar-refractivity contribution < 1.29 is 14.6 Å². The molecule has 0 radical (unpaired) electrons. The minimum absolute atomic E-state index is 0.0875. The summed E-state index contributed by atoms with van der Waals surface area (Å²) >= 11 is 0. The standard InChI is InChI=1S/C14H18O3/c1-11-3-5-12(6-4-11)14(7-13(14)8-15)9-17-10-16-2/h3-7,15H,8-10H2,1-2H3. The highest BCUT2D eigenvalue weighted by atomic mass is 16.7. The third-order valence-corrected chi connectivity index (χ3v) is 3.18. The lowest BCUT2D eigenvalue weighted by Gasteiger charge is -2.19. The molecule has 92 valence electrons. The van der Waals surface area contributed by atoms with Crippen molar-refractivity contribution >= 4 is 0 Å². The van der Waals surface area contributed by atoms with E-state index in [0.717, 1.165) is 5.57 Å². The van der Waals surface area contributed by atoms with Crippen LogP contribution in [0.3, 0.4) is 0 Å². The van der Waals surface area contributed by atoms with Crippen molar-refractivity contribution in [2.45, 2.75) is 12.3 Å². The summed E-state index contributed by atoms with van der Waals surface area (Å²) < 4.78 is 10.3. The summed E-state index contributed by atoms with van der Waals surface area (Å²) in [5.74, 6) is 0. The van der Waals surface area contributed by atoms with Crippen molar-refractivity contribution in [3.05, 3.63) is 47.0 Å². The van der Waals surface area contributed by atoms with Gasteiger partial charge in [-0.05, 0) is 18.1 Å². The molecule has 0 saturated carbocycles. The van der Waals surface area contributed by atoms with E-state index < -0.39 is 0 Å². The zero-order chi connectivity index (χ0) is 12.3. The fraction of sp³-hybridized carbons (Fsp3) is 0.429. The van der Waals surface area contributed by atoms with Gasteiger partial charge in [0.15, 0.2) is 0 Å². The predicted molar refractivity (Wildman–Crippen MR) is 65.9 cm³/mol. The van der Waals surface area contributed by atoms with Crippen LogP contribution >= 0.6 is 0 Å². The number of methoxy groups -OCH3 is 1. The quantitative estimate of drug-likeness (QED) is 0.463. The van der Waals surface area contributed by atoms with Gasteiger partial charge in [0.25, 0.3) is 0 Å². The molecule has 1 aromatic rings. The summed E-state index contributed by atoms with van der Waals surface area (Å²) in [7, 11) is 1.60. The number of benzene rings is 1. The second kappa shape index (κ2) is 5.00. The van der Waals surface area contributed by atoms with Crippen LogP contribution in [0.1, 0.15) is 11.1 Å². The lowest BCUT2D eigenvalue weighted by molar-refractivity contribution is -0.0371. The van der Waals surface area contributed by atoms with Crippen LogP contribution in [0, 0.1) is 6.92 Å². The SMILES string of the molecule is COCOCC1(c2ccc(C)cc2)C=C1CO. The Morgan fingerprint density at radius 3 is 2.47 bits per heavy atom. The zero-order valence-corrected chi connectivity index (χ0v) is 10.3. The molecule has 0 fully saturated rings. The molecular formula is C14H18O3. The van der Waals surface area contributed by atoms with Gasteiger partial charge in [-0.25, -0.2) is 0 Å². The van der Waals surface area contributed by atoms with Crippen molar-refractivity contribution in [2.75, 3.05) is 27.1 Å². The fourth-order valence-electron chi connectivity index (χ4n) is 2.07. The van der Waals surface area contributed by atoms with Gasteiger partial charge < -0.3 is 14.6 Å². The number of rotatable bonds is 6. The Bertz CT molecular complexity index is 408. The number of hydrogen-bond donors (Lipinski definition) is 1. The highest BCUT2D eigenvalue weighted by Gasteiger charge is 2.45. The van der Waals surface area contributed by atoms with Gasteiger partial charge in [0.1, 0.15) is 6.79 Å². The van der Waals surface area contributed by atoms with E-state index in [1.54, 1.807) is 7.11 Å². The Morgan fingerprint density at radius 1 is 1.24 bits per heavy atom. The van der Waals surface area contributed by atoms with Gasteiger partial charge in [0.2, 0.25) is 0 Å². The lowest BCUT2D eigenvalue weighted by Crippen LogP contribution is -2.21. The largest absolute Gasteiger partial charge is 0.392 e. The second-order valence-corrected chi connectivity index (χ2v) is 4.42. The average molecular weight is 234 g/mol. The van der Waals surface area contributed by atoms with Gasteiger partial charge in [0.05, 0.1) is 18.6 Å². The van der Waals surface area contributed by atoms with E-state index in [2.05, 4.69) is 37.3 Å². The lowest BCUT2D eigenvalue weighted by atomic mass is 9.91. The van der Waals surface area contributed by atoms with E-state index >= 15 is 0 Å². The maximum Gasteiger partial charge on any atom is 0.146 e. The van der Waals surface area contributed by atoms with Crippen LogP contribution in [-0.2, 0) is 14.9 Å². The molecule has 1 aliphatic rings. The maximum absolute atomic E-state index is 9.26. The first-order chi connectivity index (χ1) is 8.23. The van der Waals surface area contributed by atoms with Gasteiger partial charge in [-0.1, -0.05) is 35.9 Å². The van der Waals surface area contributed by atoms with Crippen LogP contribution in [0.2, 0.25) is 0 Å². The average Bonchev–Trinajstić information content (AvgIpc) is 3.05.